The highest BCUT2D eigenvalue weighted by molar-refractivity contribution is 4.57. The molecule has 0 aliphatic carbocycles. The van der Waals surface area contributed by atoms with Crippen LogP contribution in [-0.2, 0) is 0 Å². The lowest BCUT2D eigenvalue weighted by atomic mass is 10.1. The summed E-state index contributed by atoms with van der Waals surface area (Å²) < 4.78 is 24.5. The van der Waals surface area contributed by atoms with Crippen LogP contribution in [-0.4, -0.2) is 5.92 Å². The van der Waals surface area contributed by atoms with E-state index in [0.29, 0.717) is 6.42 Å². The number of rotatable bonds is 6. The first-order valence-electron chi connectivity index (χ1n) is 4.44. The van der Waals surface area contributed by atoms with E-state index in [1.165, 1.54) is 12.8 Å². The normalized spacial score (nSPS) is 12.0. The van der Waals surface area contributed by atoms with Gasteiger partial charge in [0.1, 0.15) is 0 Å². The third-order valence-corrected chi connectivity index (χ3v) is 1.72. The molecule has 0 aromatic rings. The van der Waals surface area contributed by atoms with Crippen molar-refractivity contribution in [3.63, 3.8) is 0 Å². The van der Waals surface area contributed by atoms with Crippen molar-refractivity contribution in [3.05, 3.63) is 0 Å². The lowest BCUT2D eigenvalue weighted by molar-refractivity contribution is 0.0104. The van der Waals surface area contributed by atoms with Crippen LogP contribution in [0.1, 0.15) is 52.4 Å². The zero-order valence-electron chi connectivity index (χ0n) is 7.50. The van der Waals surface area contributed by atoms with Gasteiger partial charge >= 0.3 is 0 Å². The van der Waals surface area contributed by atoms with Gasteiger partial charge in [-0.2, -0.15) is 0 Å². The Hall–Kier alpha value is -0.140. The molecule has 0 rings (SSSR count). The second-order valence-electron chi connectivity index (χ2n) is 3.23. The van der Waals surface area contributed by atoms with Crippen molar-refractivity contribution in [2.45, 2.75) is 58.3 Å². The third kappa shape index (κ3) is 9.86. The summed E-state index contributed by atoms with van der Waals surface area (Å²) in [5.41, 5.74) is 0. The lowest BCUT2D eigenvalue weighted by Crippen LogP contribution is -2.08. The Morgan fingerprint density at radius 2 is 1.55 bits per heavy atom. The van der Waals surface area contributed by atoms with Crippen molar-refractivity contribution >= 4 is 0 Å². The van der Waals surface area contributed by atoms with Gasteiger partial charge in [0, 0.05) is 6.42 Å². The van der Waals surface area contributed by atoms with Gasteiger partial charge in [-0.05, 0) is 13.3 Å². The summed E-state index contributed by atoms with van der Waals surface area (Å²) in [6, 6.07) is 0. The molecule has 0 heterocycles. The smallest absolute Gasteiger partial charge is 0.207 e. The maximum atomic E-state index is 12.2. The molecule has 0 spiro atoms. The average molecular weight is 164 g/mol. The van der Waals surface area contributed by atoms with Crippen LogP contribution in [0.2, 0.25) is 0 Å². The minimum absolute atomic E-state index is 0.0523. The predicted octanol–water partition coefficient (Wildman–Crippen LogP) is 4.00. The van der Waals surface area contributed by atoms with Crippen LogP contribution in [0.15, 0.2) is 0 Å². The molecule has 0 nitrogen and oxygen atoms in total. The Labute approximate surface area is 68.0 Å². The van der Waals surface area contributed by atoms with Crippen molar-refractivity contribution < 1.29 is 8.78 Å². The molecule has 0 amide bonds. The van der Waals surface area contributed by atoms with Crippen LogP contribution in [0.4, 0.5) is 8.78 Å². The van der Waals surface area contributed by atoms with Crippen LogP contribution >= 0.6 is 0 Å². The van der Waals surface area contributed by atoms with Crippen LogP contribution in [0.3, 0.4) is 0 Å². The fourth-order valence-corrected chi connectivity index (χ4v) is 1.04. The number of hydrogen-bond acceptors (Lipinski definition) is 0. The van der Waals surface area contributed by atoms with Gasteiger partial charge in [0.05, 0.1) is 0 Å². The molecule has 11 heavy (non-hydrogen) atoms. The van der Waals surface area contributed by atoms with E-state index >= 15 is 0 Å². The van der Waals surface area contributed by atoms with Crippen LogP contribution in [0.25, 0.3) is 0 Å². The summed E-state index contributed by atoms with van der Waals surface area (Å²) in [5, 5.41) is 0. The van der Waals surface area contributed by atoms with Crippen molar-refractivity contribution in [2.75, 3.05) is 0 Å². The number of alkyl halides is 2. The molecule has 0 aliphatic heterocycles. The number of halogens is 2. The van der Waals surface area contributed by atoms with E-state index in [0.717, 1.165) is 19.8 Å². The highest BCUT2D eigenvalue weighted by atomic mass is 19.3. The fourth-order valence-electron chi connectivity index (χ4n) is 1.04. The van der Waals surface area contributed by atoms with E-state index in [-0.39, 0.29) is 6.42 Å². The molecule has 0 radical (unpaired) electrons. The molecule has 0 aromatic heterocycles. The quantitative estimate of drug-likeness (QED) is 0.520. The summed E-state index contributed by atoms with van der Waals surface area (Å²) >= 11 is 0. The largest absolute Gasteiger partial charge is 0.245 e. The summed E-state index contributed by atoms with van der Waals surface area (Å²) in [4.78, 5) is 0. The second kappa shape index (κ2) is 5.50. The number of hydrogen-bond donors (Lipinski definition) is 0. The van der Waals surface area contributed by atoms with Gasteiger partial charge in [0.25, 0.3) is 0 Å². The molecule has 2 heteroatoms. The minimum atomic E-state index is -2.45. The number of unbranched alkanes of at least 4 members (excludes halogenated alkanes) is 4. The molecular formula is C9H18F2. The maximum absolute atomic E-state index is 12.2. The topological polar surface area (TPSA) is 0 Å². The van der Waals surface area contributed by atoms with E-state index < -0.39 is 5.92 Å². The van der Waals surface area contributed by atoms with Gasteiger partial charge in [-0.15, -0.1) is 0 Å². The van der Waals surface area contributed by atoms with E-state index in [2.05, 4.69) is 6.92 Å². The highest BCUT2D eigenvalue weighted by Crippen LogP contribution is 2.20. The summed E-state index contributed by atoms with van der Waals surface area (Å²) in [7, 11) is 0. The predicted molar refractivity (Wildman–Crippen MR) is 44.0 cm³/mol. The van der Waals surface area contributed by atoms with Crippen LogP contribution in [0.5, 0.6) is 0 Å². The molecule has 0 fully saturated rings. The highest BCUT2D eigenvalue weighted by Gasteiger charge is 2.19. The first-order chi connectivity index (χ1) is 5.06. The molecule has 0 saturated carbocycles. The second-order valence-corrected chi connectivity index (χ2v) is 3.23. The minimum Gasteiger partial charge on any atom is -0.207 e. The van der Waals surface area contributed by atoms with Crippen LogP contribution < -0.4 is 0 Å². The molecule has 68 valence electrons. The van der Waals surface area contributed by atoms with Crippen molar-refractivity contribution in [1.29, 1.82) is 0 Å². The van der Waals surface area contributed by atoms with E-state index in [1.54, 1.807) is 0 Å². The van der Waals surface area contributed by atoms with Crippen LogP contribution in [0, 0.1) is 0 Å². The molecule has 0 N–H and O–H groups in total. The van der Waals surface area contributed by atoms with E-state index in [9.17, 15) is 8.78 Å². The van der Waals surface area contributed by atoms with Crippen molar-refractivity contribution in [3.8, 4) is 0 Å². The van der Waals surface area contributed by atoms with Gasteiger partial charge in [-0.3, -0.25) is 0 Å². The SMILES string of the molecule is CCCCCCCC(C)(F)F. The van der Waals surface area contributed by atoms with E-state index in [1.807, 2.05) is 0 Å². The van der Waals surface area contributed by atoms with Gasteiger partial charge in [-0.25, -0.2) is 8.78 Å². The third-order valence-electron chi connectivity index (χ3n) is 1.72. The summed E-state index contributed by atoms with van der Waals surface area (Å²) in [5.74, 6) is -2.45. The zero-order valence-corrected chi connectivity index (χ0v) is 7.50. The maximum Gasteiger partial charge on any atom is 0.245 e. The van der Waals surface area contributed by atoms with Gasteiger partial charge in [-0.1, -0.05) is 32.6 Å². The molecule has 0 bridgehead atoms. The Kier molecular flexibility index (Phi) is 5.43. The molecule has 0 aliphatic rings. The first kappa shape index (κ1) is 10.9. The molecule has 0 unspecified atom stereocenters. The lowest BCUT2D eigenvalue weighted by Gasteiger charge is -2.08. The van der Waals surface area contributed by atoms with Gasteiger partial charge in [0.2, 0.25) is 5.92 Å². The fraction of sp³-hybridized carbons (Fsp3) is 1.00. The monoisotopic (exact) mass is 164 g/mol. The molecular weight excluding hydrogens is 146 g/mol. The summed E-state index contributed by atoms with van der Waals surface area (Å²) in [6.07, 6.45) is 5.13. The van der Waals surface area contributed by atoms with Crippen molar-refractivity contribution in [1.82, 2.24) is 0 Å². The average Bonchev–Trinajstić information content (AvgIpc) is 1.85. The Morgan fingerprint density at radius 1 is 1.00 bits per heavy atom. The Bertz CT molecular complexity index is 84.1. The van der Waals surface area contributed by atoms with Crippen molar-refractivity contribution in [2.24, 2.45) is 0 Å². The van der Waals surface area contributed by atoms with Gasteiger partial charge < -0.3 is 0 Å². The zero-order chi connectivity index (χ0) is 8.74. The van der Waals surface area contributed by atoms with E-state index in [4.69, 9.17) is 0 Å². The first-order valence-corrected chi connectivity index (χ1v) is 4.44. The molecule has 0 saturated heterocycles. The Morgan fingerprint density at radius 3 is 2.00 bits per heavy atom. The summed E-state index contributed by atoms with van der Waals surface area (Å²) in [6.45, 7) is 3.11. The Balaban J connectivity index is 3.02. The standard InChI is InChI=1S/C9H18F2/c1-3-4-5-6-7-8-9(2,10)11/h3-8H2,1-2H3. The molecule has 0 aromatic carbocycles. The van der Waals surface area contributed by atoms with Gasteiger partial charge in [0.15, 0.2) is 0 Å². The molecule has 0 atom stereocenters.